The number of nitrogens with two attached hydrogens (primary N) is 2. The minimum absolute atomic E-state index is 0.00781. The van der Waals surface area contributed by atoms with Crippen molar-refractivity contribution in [3.05, 3.63) is 6.07 Å². The zero-order chi connectivity index (χ0) is 11.7. The third kappa shape index (κ3) is 2.00. The van der Waals surface area contributed by atoms with Crippen molar-refractivity contribution < 1.29 is 9.59 Å². The molecule has 1 aliphatic heterocycles. The van der Waals surface area contributed by atoms with Gasteiger partial charge in [-0.05, 0) is 0 Å². The maximum atomic E-state index is 11.1. The van der Waals surface area contributed by atoms with Crippen molar-refractivity contribution >= 4 is 29.4 Å². The lowest BCUT2D eigenvalue weighted by Crippen LogP contribution is -2.51. The van der Waals surface area contributed by atoms with E-state index >= 15 is 0 Å². The molecule has 2 heterocycles. The number of nitrogen functional groups attached to an aromatic ring is 2. The smallest absolute Gasteiger partial charge is 0.246 e. The van der Waals surface area contributed by atoms with Gasteiger partial charge < -0.3 is 16.4 Å². The number of aromatic nitrogens is 2. The topological polar surface area (TPSA) is 127 Å². The van der Waals surface area contributed by atoms with Gasteiger partial charge in [0.05, 0.1) is 13.1 Å². The lowest BCUT2D eigenvalue weighted by atomic mass is 10.3. The monoisotopic (exact) mass is 222 g/mol. The van der Waals surface area contributed by atoms with Crippen LogP contribution >= 0.6 is 0 Å². The molecule has 0 spiro atoms. The molecule has 16 heavy (non-hydrogen) atoms. The molecule has 0 aliphatic carbocycles. The molecule has 8 nitrogen and oxygen atoms in total. The van der Waals surface area contributed by atoms with Crippen LogP contribution in [0.15, 0.2) is 6.07 Å². The SMILES string of the molecule is Nc1cc(N2CC(=O)NC(=O)C2)nc(N)n1. The highest BCUT2D eigenvalue weighted by molar-refractivity contribution is 6.02. The summed E-state index contributed by atoms with van der Waals surface area (Å²) in [6, 6.07) is 1.46. The number of carbonyl (C=O) groups is 2. The second-order valence-corrected chi connectivity index (χ2v) is 3.34. The molecule has 5 N–H and O–H groups in total. The van der Waals surface area contributed by atoms with Gasteiger partial charge in [-0.1, -0.05) is 0 Å². The number of imide groups is 1. The van der Waals surface area contributed by atoms with Crippen LogP contribution in [0.5, 0.6) is 0 Å². The third-order valence-electron chi connectivity index (χ3n) is 2.02. The highest BCUT2D eigenvalue weighted by Gasteiger charge is 2.23. The molecule has 0 aromatic carbocycles. The first-order chi connectivity index (χ1) is 7.54. The van der Waals surface area contributed by atoms with E-state index in [-0.39, 0.29) is 36.7 Å². The maximum Gasteiger partial charge on any atom is 0.246 e. The molecular weight excluding hydrogens is 212 g/mol. The summed E-state index contributed by atoms with van der Waals surface area (Å²) in [4.78, 5) is 31.4. The Bertz CT molecular complexity index is 424. The van der Waals surface area contributed by atoms with E-state index in [2.05, 4.69) is 15.3 Å². The summed E-state index contributed by atoms with van der Waals surface area (Å²) in [7, 11) is 0. The van der Waals surface area contributed by atoms with Gasteiger partial charge in [-0.2, -0.15) is 9.97 Å². The summed E-state index contributed by atoms with van der Waals surface area (Å²) in [5.41, 5.74) is 10.9. The first-order valence-electron chi connectivity index (χ1n) is 4.52. The molecule has 1 saturated heterocycles. The summed E-state index contributed by atoms with van der Waals surface area (Å²) in [5.74, 6) is -0.193. The van der Waals surface area contributed by atoms with Crippen molar-refractivity contribution in [1.82, 2.24) is 15.3 Å². The van der Waals surface area contributed by atoms with Crippen molar-refractivity contribution in [3.63, 3.8) is 0 Å². The second kappa shape index (κ2) is 3.65. The van der Waals surface area contributed by atoms with Crippen molar-refractivity contribution in [2.75, 3.05) is 29.5 Å². The van der Waals surface area contributed by atoms with Gasteiger partial charge in [0.2, 0.25) is 17.8 Å². The molecule has 1 aromatic rings. The number of amides is 2. The first-order valence-corrected chi connectivity index (χ1v) is 4.52. The molecule has 0 saturated carbocycles. The van der Waals surface area contributed by atoms with E-state index in [0.717, 1.165) is 0 Å². The fraction of sp³-hybridized carbons (Fsp3) is 0.250. The van der Waals surface area contributed by atoms with Gasteiger partial charge in [0.1, 0.15) is 11.6 Å². The molecule has 1 aliphatic rings. The third-order valence-corrected chi connectivity index (χ3v) is 2.02. The fourth-order valence-corrected chi connectivity index (χ4v) is 1.43. The quantitative estimate of drug-likeness (QED) is 0.473. The zero-order valence-corrected chi connectivity index (χ0v) is 8.30. The van der Waals surface area contributed by atoms with Gasteiger partial charge in [0.25, 0.3) is 0 Å². The molecular formula is C8H10N6O2. The number of nitrogens with zero attached hydrogens (tertiary/aromatic N) is 3. The predicted octanol–water partition coefficient (Wildman–Crippen LogP) is -1.90. The molecule has 2 rings (SSSR count). The summed E-state index contributed by atoms with van der Waals surface area (Å²) in [6.45, 7) is 0.0866. The number of carbonyl (C=O) groups excluding carboxylic acids is 2. The van der Waals surface area contributed by atoms with Crippen molar-refractivity contribution in [1.29, 1.82) is 0 Å². The van der Waals surface area contributed by atoms with Crippen LogP contribution in [-0.2, 0) is 9.59 Å². The van der Waals surface area contributed by atoms with Crippen molar-refractivity contribution in [3.8, 4) is 0 Å². The van der Waals surface area contributed by atoms with Gasteiger partial charge >= 0.3 is 0 Å². The van der Waals surface area contributed by atoms with Crippen molar-refractivity contribution in [2.24, 2.45) is 0 Å². The van der Waals surface area contributed by atoms with Gasteiger partial charge in [-0.15, -0.1) is 0 Å². The van der Waals surface area contributed by atoms with E-state index in [1.54, 1.807) is 0 Å². The van der Waals surface area contributed by atoms with Crippen LogP contribution in [0.25, 0.3) is 0 Å². The van der Waals surface area contributed by atoms with Crippen molar-refractivity contribution in [2.45, 2.75) is 0 Å². The number of hydrogen-bond donors (Lipinski definition) is 3. The van der Waals surface area contributed by atoms with Crippen LogP contribution in [0.4, 0.5) is 17.6 Å². The Morgan fingerprint density at radius 3 is 2.38 bits per heavy atom. The molecule has 0 atom stereocenters. The van der Waals surface area contributed by atoms with E-state index < -0.39 is 0 Å². The van der Waals surface area contributed by atoms with E-state index in [4.69, 9.17) is 11.5 Å². The molecule has 1 aromatic heterocycles. The Morgan fingerprint density at radius 2 is 1.81 bits per heavy atom. The van der Waals surface area contributed by atoms with E-state index in [1.165, 1.54) is 11.0 Å². The van der Waals surface area contributed by atoms with Crippen LogP contribution in [0.3, 0.4) is 0 Å². The average Bonchev–Trinajstić information content (AvgIpc) is 2.14. The van der Waals surface area contributed by atoms with E-state index in [0.29, 0.717) is 5.82 Å². The number of anilines is 3. The summed E-state index contributed by atoms with van der Waals surface area (Å²) in [5, 5.41) is 2.18. The van der Waals surface area contributed by atoms with Gasteiger partial charge in [-0.25, -0.2) is 0 Å². The number of piperazine rings is 1. The zero-order valence-electron chi connectivity index (χ0n) is 8.30. The molecule has 84 valence electrons. The number of rotatable bonds is 1. The summed E-state index contributed by atoms with van der Waals surface area (Å²) < 4.78 is 0. The molecule has 0 bridgehead atoms. The highest BCUT2D eigenvalue weighted by Crippen LogP contribution is 2.15. The maximum absolute atomic E-state index is 11.1. The Balaban J connectivity index is 2.29. The molecule has 8 heteroatoms. The predicted molar refractivity (Wildman–Crippen MR) is 56.2 cm³/mol. The highest BCUT2D eigenvalue weighted by atomic mass is 16.2. The van der Waals surface area contributed by atoms with Gasteiger partial charge in [-0.3, -0.25) is 14.9 Å². The Labute approximate surface area is 90.6 Å². The Kier molecular flexibility index (Phi) is 2.31. The van der Waals surface area contributed by atoms with Crippen LogP contribution in [0.1, 0.15) is 0 Å². The number of hydrogen-bond acceptors (Lipinski definition) is 7. The standard InChI is InChI=1S/C8H10N6O2/c9-4-1-5(12-8(10)11-4)14-2-6(15)13-7(16)3-14/h1H,2-3H2,(H,13,15,16)(H4,9,10,11,12). The Hall–Kier alpha value is -2.38. The van der Waals surface area contributed by atoms with Crippen LogP contribution < -0.4 is 21.7 Å². The Morgan fingerprint density at radius 1 is 1.19 bits per heavy atom. The fourth-order valence-electron chi connectivity index (χ4n) is 1.43. The van der Waals surface area contributed by atoms with Gasteiger partial charge in [0.15, 0.2) is 0 Å². The molecule has 0 unspecified atom stereocenters. The summed E-state index contributed by atoms with van der Waals surface area (Å²) in [6.07, 6.45) is 0. The largest absolute Gasteiger partial charge is 0.383 e. The van der Waals surface area contributed by atoms with Gasteiger partial charge in [0, 0.05) is 6.07 Å². The average molecular weight is 222 g/mol. The normalized spacial score (nSPS) is 16.1. The minimum Gasteiger partial charge on any atom is -0.383 e. The van der Waals surface area contributed by atoms with E-state index in [1.807, 2.05) is 0 Å². The molecule has 1 fully saturated rings. The van der Waals surface area contributed by atoms with E-state index in [9.17, 15) is 9.59 Å². The lowest BCUT2D eigenvalue weighted by molar-refractivity contribution is -0.130. The molecule has 2 amide bonds. The lowest BCUT2D eigenvalue weighted by Gasteiger charge is -2.26. The number of nitrogens with one attached hydrogen (secondary N) is 1. The van der Waals surface area contributed by atoms with Crippen LogP contribution in [0, 0.1) is 0 Å². The minimum atomic E-state index is -0.382. The molecule has 0 radical (unpaired) electrons. The first kappa shape index (κ1) is 10.1. The second-order valence-electron chi connectivity index (χ2n) is 3.34. The van der Waals surface area contributed by atoms with Crippen LogP contribution in [-0.4, -0.2) is 34.9 Å². The summed E-state index contributed by atoms with van der Waals surface area (Å²) >= 11 is 0. The van der Waals surface area contributed by atoms with Crippen LogP contribution in [0.2, 0.25) is 0 Å².